The van der Waals surface area contributed by atoms with Crippen molar-refractivity contribution < 1.29 is 26.2 Å². The molecule has 2 aliphatic heterocycles. The van der Waals surface area contributed by atoms with Crippen molar-refractivity contribution >= 4 is 26.8 Å². The summed E-state index contributed by atoms with van der Waals surface area (Å²) in [5.74, 6) is 0. The normalized spacial score (nSPS) is 25.6. The second-order valence-corrected chi connectivity index (χ2v) is 26.2. The van der Waals surface area contributed by atoms with E-state index in [0.717, 1.165) is 15.5 Å². The van der Waals surface area contributed by atoms with E-state index in [4.69, 9.17) is 23.5 Å². The molecule has 14 heteroatoms. The molecule has 250 valence electrons. The van der Waals surface area contributed by atoms with E-state index in [2.05, 4.69) is 54.6 Å². The summed E-state index contributed by atoms with van der Waals surface area (Å²) in [4.78, 5) is 27.5. The third-order valence-electron chi connectivity index (χ3n) is 9.89. The molecule has 0 unspecified atom stereocenters. The molecule has 2 aliphatic rings. The zero-order chi connectivity index (χ0) is 34.0. The highest BCUT2D eigenvalue weighted by Gasteiger charge is 2.67. The molecule has 4 rings (SSSR count). The van der Waals surface area contributed by atoms with Gasteiger partial charge >= 0.3 is 5.69 Å². The van der Waals surface area contributed by atoms with E-state index >= 15 is 0 Å². The minimum Gasteiger partial charge on any atom is -0.414 e. The lowest BCUT2D eigenvalue weighted by atomic mass is 9.89. The maximum atomic E-state index is 14.2. The molecule has 45 heavy (non-hydrogen) atoms. The number of ether oxygens (including phenoxy) is 1. The van der Waals surface area contributed by atoms with Gasteiger partial charge in [-0.25, -0.2) is 8.98 Å². The van der Waals surface area contributed by atoms with Gasteiger partial charge in [0.05, 0.1) is 24.3 Å². The van der Waals surface area contributed by atoms with E-state index in [1.807, 2.05) is 43.4 Å². The van der Waals surface area contributed by atoms with Crippen LogP contribution in [0.2, 0.25) is 36.3 Å². The van der Waals surface area contributed by atoms with Gasteiger partial charge in [0.25, 0.3) is 15.7 Å². The summed E-state index contributed by atoms with van der Waals surface area (Å²) in [6.07, 6.45) is -1.98. The first-order valence-electron chi connectivity index (χ1n) is 15.2. The van der Waals surface area contributed by atoms with Gasteiger partial charge < -0.3 is 19.3 Å². The van der Waals surface area contributed by atoms with Crippen molar-refractivity contribution in [3.63, 3.8) is 0 Å². The molecule has 0 radical (unpaired) electrons. The van der Waals surface area contributed by atoms with Crippen LogP contribution in [-0.2, 0) is 34.4 Å². The molecule has 2 N–H and O–H groups in total. The van der Waals surface area contributed by atoms with Crippen molar-refractivity contribution in [1.82, 2.24) is 9.13 Å². The standard InChI is InChI=1S/C31H49N3O8SSi2/c1-21-17-34(28(36)33(26(21)35)18-22-15-13-12-14-16-22)27-25(41-45(10,11)30(5,6)7)31(23(32)20-43(37,38)42-31)24(40-27)19-39-44(8,9)29(2,3)4/h12-17,20,24-25,27H,18-19,32H2,1-11H3/t24-,25+,27-,31-/m1/s1. The van der Waals surface area contributed by atoms with Crippen LogP contribution < -0.4 is 17.0 Å². The monoisotopic (exact) mass is 679 g/mol. The molecule has 1 aromatic heterocycles. The molecular weight excluding hydrogens is 631 g/mol. The Morgan fingerprint density at radius 3 is 2.07 bits per heavy atom. The average Bonchev–Trinajstić information content (AvgIpc) is 3.33. The number of hydrogen-bond donors (Lipinski definition) is 1. The van der Waals surface area contributed by atoms with Crippen LogP contribution in [0.1, 0.15) is 58.9 Å². The summed E-state index contributed by atoms with van der Waals surface area (Å²) in [5, 5.41) is 0.433. The first-order chi connectivity index (χ1) is 20.4. The van der Waals surface area contributed by atoms with Gasteiger partial charge in [-0.3, -0.25) is 13.9 Å². The van der Waals surface area contributed by atoms with Gasteiger partial charge in [-0.05, 0) is 48.8 Å². The largest absolute Gasteiger partial charge is 0.414 e. The van der Waals surface area contributed by atoms with E-state index in [0.29, 0.717) is 5.56 Å². The fourth-order valence-corrected chi connectivity index (χ4v) is 8.57. The van der Waals surface area contributed by atoms with E-state index in [1.54, 1.807) is 6.92 Å². The summed E-state index contributed by atoms with van der Waals surface area (Å²) < 4.78 is 54.6. The molecule has 1 aromatic carbocycles. The number of aromatic nitrogens is 2. The molecular formula is C31H49N3O8SSi2. The number of aryl methyl sites for hydroxylation is 1. The molecule has 3 heterocycles. The van der Waals surface area contributed by atoms with Crippen LogP contribution in [0.3, 0.4) is 0 Å². The lowest BCUT2D eigenvalue weighted by Crippen LogP contribution is -2.59. The van der Waals surface area contributed by atoms with Crippen LogP contribution >= 0.6 is 0 Å². The zero-order valence-corrected chi connectivity index (χ0v) is 31.2. The van der Waals surface area contributed by atoms with Crippen molar-refractivity contribution in [2.45, 2.75) is 115 Å². The van der Waals surface area contributed by atoms with E-state index < -0.39 is 62.0 Å². The molecule has 2 aromatic rings. The zero-order valence-electron chi connectivity index (χ0n) is 28.3. The summed E-state index contributed by atoms with van der Waals surface area (Å²) >= 11 is 0. The highest BCUT2D eigenvalue weighted by molar-refractivity contribution is 7.90. The lowest BCUT2D eigenvalue weighted by molar-refractivity contribution is -0.0567. The van der Waals surface area contributed by atoms with Crippen LogP contribution in [0.25, 0.3) is 0 Å². The second kappa shape index (κ2) is 11.7. The molecule has 1 fully saturated rings. The smallest absolute Gasteiger partial charge is 0.333 e. The van der Waals surface area contributed by atoms with Crippen LogP contribution in [0.15, 0.2) is 57.2 Å². The van der Waals surface area contributed by atoms with Crippen molar-refractivity contribution in [3.8, 4) is 0 Å². The maximum absolute atomic E-state index is 14.2. The van der Waals surface area contributed by atoms with E-state index in [1.165, 1.54) is 10.8 Å². The Balaban J connectivity index is 1.94. The molecule has 11 nitrogen and oxygen atoms in total. The maximum Gasteiger partial charge on any atom is 0.333 e. The quantitative estimate of drug-likeness (QED) is 0.314. The molecule has 0 amide bonds. The third kappa shape index (κ3) is 6.60. The minimum atomic E-state index is -4.22. The Bertz CT molecular complexity index is 1690. The molecule has 0 aliphatic carbocycles. The van der Waals surface area contributed by atoms with Crippen molar-refractivity contribution in [1.29, 1.82) is 0 Å². The Kier molecular flexibility index (Phi) is 9.25. The van der Waals surface area contributed by atoms with Gasteiger partial charge in [0.15, 0.2) is 28.5 Å². The molecule has 0 bridgehead atoms. The highest BCUT2D eigenvalue weighted by atomic mass is 32.2. The summed E-state index contributed by atoms with van der Waals surface area (Å²) in [6, 6.07) is 9.19. The Hall–Kier alpha value is -2.34. The van der Waals surface area contributed by atoms with Gasteiger partial charge in [0.1, 0.15) is 12.2 Å². The fraction of sp³-hybridized carbons (Fsp3) is 0.613. The first-order valence-corrected chi connectivity index (χ1v) is 22.5. The van der Waals surface area contributed by atoms with Gasteiger partial charge in [0.2, 0.25) is 0 Å². The predicted molar refractivity (Wildman–Crippen MR) is 179 cm³/mol. The van der Waals surface area contributed by atoms with Crippen LogP contribution in [0, 0.1) is 6.92 Å². The molecule has 4 atom stereocenters. The number of nitrogens with two attached hydrogens (primary N) is 1. The SMILES string of the molecule is Cc1cn([C@@H]2O[C@H](CO[Si](C)(C)C(C)(C)C)[C@@]3(OS(=O)(=O)C=C3N)[C@H]2O[Si](C)(C)C(C)(C)C)c(=O)n(Cc2ccccc2)c1=O. The summed E-state index contributed by atoms with van der Waals surface area (Å²) in [5.41, 5.74) is 4.68. The number of rotatable bonds is 8. The number of hydrogen-bond acceptors (Lipinski definition) is 9. The summed E-state index contributed by atoms with van der Waals surface area (Å²) in [6.45, 7) is 22.3. The van der Waals surface area contributed by atoms with Crippen molar-refractivity contribution in [2.24, 2.45) is 5.73 Å². The van der Waals surface area contributed by atoms with E-state index in [9.17, 15) is 18.0 Å². The predicted octanol–water partition coefficient (Wildman–Crippen LogP) is 4.58. The van der Waals surface area contributed by atoms with Crippen LogP contribution in [-0.4, -0.2) is 58.6 Å². The topological polar surface area (TPSA) is 141 Å². The van der Waals surface area contributed by atoms with Crippen LogP contribution in [0.4, 0.5) is 0 Å². The molecule has 1 spiro atoms. The van der Waals surface area contributed by atoms with E-state index in [-0.39, 0.29) is 28.9 Å². The van der Waals surface area contributed by atoms with Crippen molar-refractivity contribution in [3.05, 3.63) is 79.6 Å². The Labute approximate surface area is 268 Å². The van der Waals surface area contributed by atoms with Gasteiger partial charge in [0, 0.05) is 11.8 Å². The van der Waals surface area contributed by atoms with Gasteiger partial charge in [-0.1, -0.05) is 71.9 Å². The first kappa shape index (κ1) is 35.5. The fourth-order valence-electron chi connectivity index (χ4n) is 5.06. The van der Waals surface area contributed by atoms with Crippen LogP contribution in [0.5, 0.6) is 0 Å². The lowest BCUT2D eigenvalue weighted by Gasteiger charge is -2.43. The second-order valence-electron chi connectivity index (χ2n) is 15.2. The van der Waals surface area contributed by atoms with Crippen molar-refractivity contribution in [2.75, 3.05) is 6.61 Å². The minimum absolute atomic E-state index is 0.0383. The Morgan fingerprint density at radius 1 is 0.978 bits per heavy atom. The molecule has 0 saturated carbocycles. The summed E-state index contributed by atoms with van der Waals surface area (Å²) in [7, 11) is -9.30. The van der Waals surface area contributed by atoms with Gasteiger partial charge in [-0.15, -0.1) is 0 Å². The average molecular weight is 680 g/mol. The number of benzene rings is 1. The van der Waals surface area contributed by atoms with Gasteiger partial charge in [-0.2, -0.15) is 8.42 Å². The Morgan fingerprint density at radius 2 is 1.56 bits per heavy atom. The third-order valence-corrected chi connectivity index (χ3v) is 19.9. The number of nitrogens with zero attached hydrogens (tertiary/aromatic N) is 2. The highest BCUT2D eigenvalue weighted by Crippen LogP contribution is 2.52. The molecule has 1 saturated heterocycles.